The van der Waals surface area contributed by atoms with Crippen molar-refractivity contribution < 1.29 is 0 Å². The lowest BCUT2D eigenvalue weighted by atomic mass is 9.97. The third kappa shape index (κ3) is 1.34. The van der Waals surface area contributed by atoms with E-state index in [1.54, 1.807) is 0 Å². The number of nitrogens with one attached hydrogen (secondary N) is 1. The van der Waals surface area contributed by atoms with Crippen LogP contribution in [0.1, 0.15) is 17.0 Å². The van der Waals surface area contributed by atoms with E-state index in [1.807, 2.05) is 6.07 Å². The van der Waals surface area contributed by atoms with Crippen molar-refractivity contribution in [2.45, 2.75) is 6.42 Å². The Bertz CT molecular complexity index is 499. The summed E-state index contributed by atoms with van der Waals surface area (Å²) < 4.78 is 0. The minimum atomic E-state index is 0.752. The van der Waals surface area contributed by atoms with Crippen LogP contribution >= 0.6 is 0 Å². The zero-order valence-corrected chi connectivity index (χ0v) is 8.14. The van der Waals surface area contributed by atoms with Crippen LogP contribution in [0.5, 0.6) is 0 Å². The molecule has 1 aliphatic heterocycles. The van der Waals surface area contributed by atoms with Gasteiger partial charge in [-0.3, -0.25) is 10.1 Å². The highest BCUT2D eigenvalue weighted by Gasteiger charge is 2.16. The third-order valence-electron chi connectivity index (χ3n) is 2.56. The maximum absolute atomic E-state index is 4.50. The Hall–Kier alpha value is -1.97. The number of benzene rings is 1. The van der Waals surface area contributed by atoms with Crippen molar-refractivity contribution in [2.24, 2.45) is 4.99 Å². The summed E-state index contributed by atoms with van der Waals surface area (Å²) in [4.78, 5) is 8.64. The second kappa shape index (κ2) is 3.31. The maximum atomic E-state index is 4.50. The number of rotatable bonds is 1. The standard InChI is InChI=1S/C11H10N4/c1-2-4-9-8(3-1)5-6-12-10(9)11-13-7-14-15-11/h1-4,7H,5-6H2,(H,13,14,15). The summed E-state index contributed by atoms with van der Waals surface area (Å²) in [5.41, 5.74) is 3.42. The summed E-state index contributed by atoms with van der Waals surface area (Å²) in [5.74, 6) is 0.752. The quantitative estimate of drug-likeness (QED) is 0.748. The number of aromatic nitrogens is 3. The number of hydrogen-bond donors (Lipinski definition) is 1. The van der Waals surface area contributed by atoms with E-state index in [0.717, 1.165) is 24.5 Å². The van der Waals surface area contributed by atoms with Crippen LogP contribution < -0.4 is 0 Å². The molecule has 0 radical (unpaired) electrons. The first-order valence-electron chi connectivity index (χ1n) is 4.93. The summed E-state index contributed by atoms with van der Waals surface area (Å²) in [6.45, 7) is 0.826. The monoisotopic (exact) mass is 198 g/mol. The molecule has 0 saturated carbocycles. The molecule has 2 heterocycles. The molecule has 3 rings (SSSR count). The van der Waals surface area contributed by atoms with Gasteiger partial charge in [0.1, 0.15) is 12.0 Å². The lowest BCUT2D eigenvalue weighted by molar-refractivity contribution is 0.936. The number of aromatic amines is 1. The molecule has 0 fully saturated rings. The molecule has 0 unspecified atom stereocenters. The Balaban J connectivity index is 2.15. The first-order chi connectivity index (χ1) is 7.45. The summed E-state index contributed by atoms with van der Waals surface area (Å²) >= 11 is 0. The zero-order chi connectivity index (χ0) is 10.1. The van der Waals surface area contributed by atoms with Crippen molar-refractivity contribution in [3.63, 3.8) is 0 Å². The minimum Gasteiger partial charge on any atom is -0.280 e. The molecule has 1 aromatic carbocycles. The van der Waals surface area contributed by atoms with Crippen LogP contribution in [0.3, 0.4) is 0 Å². The van der Waals surface area contributed by atoms with Gasteiger partial charge in [0.15, 0.2) is 5.82 Å². The van der Waals surface area contributed by atoms with Crippen LogP contribution in [-0.4, -0.2) is 27.4 Å². The molecule has 0 amide bonds. The molecule has 1 aliphatic rings. The fourth-order valence-electron chi connectivity index (χ4n) is 1.86. The summed E-state index contributed by atoms with van der Waals surface area (Å²) in [6.07, 6.45) is 2.52. The number of nitrogens with zero attached hydrogens (tertiary/aromatic N) is 3. The van der Waals surface area contributed by atoms with Gasteiger partial charge in [-0.25, -0.2) is 4.98 Å². The molecule has 0 aliphatic carbocycles. The van der Waals surface area contributed by atoms with E-state index in [9.17, 15) is 0 Å². The largest absolute Gasteiger partial charge is 0.280 e. The van der Waals surface area contributed by atoms with Crippen LogP contribution in [0, 0.1) is 0 Å². The molecule has 0 atom stereocenters. The van der Waals surface area contributed by atoms with E-state index < -0.39 is 0 Å². The van der Waals surface area contributed by atoms with Crippen LogP contribution in [0.15, 0.2) is 35.6 Å². The predicted octanol–water partition coefficient (Wildman–Crippen LogP) is 1.20. The summed E-state index contributed by atoms with van der Waals surface area (Å²) in [6, 6.07) is 8.30. The average Bonchev–Trinajstić information content (AvgIpc) is 2.82. The molecule has 1 N–H and O–H groups in total. The molecule has 74 valence electrons. The van der Waals surface area contributed by atoms with E-state index in [1.165, 1.54) is 17.5 Å². The van der Waals surface area contributed by atoms with E-state index in [0.29, 0.717) is 0 Å². The molecule has 2 aromatic rings. The van der Waals surface area contributed by atoms with Crippen LogP contribution in [-0.2, 0) is 6.42 Å². The second-order valence-corrected chi connectivity index (χ2v) is 3.47. The van der Waals surface area contributed by atoms with Crippen molar-refractivity contribution in [1.29, 1.82) is 0 Å². The lowest BCUT2D eigenvalue weighted by Crippen LogP contribution is -2.15. The Morgan fingerprint density at radius 1 is 1.20 bits per heavy atom. The molecular weight excluding hydrogens is 188 g/mol. The van der Waals surface area contributed by atoms with Gasteiger partial charge in [-0.05, 0) is 12.0 Å². The Labute approximate surface area is 87.1 Å². The number of H-pyrrole nitrogens is 1. The third-order valence-corrected chi connectivity index (χ3v) is 2.56. The van der Waals surface area contributed by atoms with Crippen LogP contribution in [0.4, 0.5) is 0 Å². The molecule has 4 heteroatoms. The van der Waals surface area contributed by atoms with Gasteiger partial charge in [0, 0.05) is 12.1 Å². The van der Waals surface area contributed by atoms with Crippen molar-refractivity contribution >= 4 is 5.71 Å². The molecule has 1 aromatic heterocycles. The molecule has 4 nitrogen and oxygen atoms in total. The van der Waals surface area contributed by atoms with Gasteiger partial charge in [-0.15, -0.1) is 0 Å². The highest BCUT2D eigenvalue weighted by molar-refractivity contribution is 6.11. The van der Waals surface area contributed by atoms with Gasteiger partial charge in [0.2, 0.25) is 0 Å². The first-order valence-corrected chi connectivity index (χ1v) is 4.93. The smallest absolute Gasteiger partial charge is 0.174 e. The van der Waals surface area contributed by atoms with E-state index in [4.69, 9.17) is 0 Å². The SMILES string of the molecule is c1ccc2c(c1)CCN=C2c1ncn[nH]1. The van der Waals surface area contributed by atoms with Crippen LogP contribution in [0.25, 0.3) is 0 Å². The fourth-order valence-corrected chi connectivity index (χ4v) is 1.86. The van der Waals surface area contributed by atoms with Gasteiger partial charge >= 0.3 is 0 Å². The average molecular weight is 198 g/mol. The molecule has 15 heavy (non-hydrogen) atoms. The normalized spacial score (nSPS) is 14.5. The van der Waals surface area contributed by atoms with E-state index in [2.05, 4.69) is 38.4 Å². The van der Waals surface area contributed by atoms with Crippen LogP contribution in [0.2, 0.25) is 0 Å². The Morgan fingerprint density at radius 3 is 3.00 bits per heavy atom. The topological polar surface area (TPSA) is 53.9 Å². The number of aliphatic imine (C=N–C) groups is 1. The highest BCUT2D eigenvalue weighted by atomic mass is 15.2. The first kappa shape index (κ1) is 8.35. The molecule has 0 spiro atoms. The van der Waals surface area contributed by atoms with Gasteiger partial charge < -0.3 is 0 Å². The lowest BCUT2D eigenvalue weighted by Gasteiger charge is -2.14. The summed E-state index contributed by atoms with van der Waals surface area (Å²) in [5, 5.41) is 6.71. The fraction of sp³-hybridized carbons (Fsp3) is 0.182. The molecular formula is C11H10N4. The number of fused-ring (bicyclic) bond motifs is 1. The molecule has 0 saturated heterocycles. The Morgan fingerprint density at radius 2 is 2.13 bits per heavy atom. The van der Waals surface area contributed by atoms with Crippen molar-refractivity contribution in [3.05, 3.63) is 47.5 Å². The minimum absolute atomic E-state index is 0.752. The summed E-state index contributed by atoms with van der Waals surface area (Å²) in [7, 11) is 0. The van der Waals surface area contributed by atoms with E-state index >= 15 is 0 Å². The maximum Gasteiger partial charge on any atom is 0.174 e. The number of hydrogen-bond acceptors (Lipinski definition) is 3. The van der Waals surface area contributed by atoms with Gasteiger partial charge in [0.25, 0.3) is 0 Å². The van der Waals surface area contributed by atoms with Crippen molar-refractivity contribution in [3.8, 4) is 0 Å². The molecule has 0 bridgehead atoms. The van der Waals surface area contributed by atoms with Gasteiger partial charge in [0.05, 0.1) is 0 Å². The van der Waals surface area contributed by atoms with Crippen molar-refractivity contribution in [1.82, 2.24) is 15.2 Å². The van der Waals surface area contributed by atoms with E-state index in [-0.39, 0.29) is 0 Å². The second-order valence-electron chi connectivity index (χ2n) is 3.47. The van der Waals surface area contributed by atoms with Crippen molar-refractivity contribution in [2.75, 3.05) is 6.54 Å². The Kier molecular flexibility index (Phi) is 1.84. The van der Waals surface area contributed by atoms with Gasteiger partial charge in [-0.2, -0.15) is 5.10 Å². The highest BCUT2D eigenvalue weighted by Crippen LogP contribution is 2.17. The zero-order valence-electron chi connectivity index (χ0n) is 8.14. The predicted molar refractivity (Wildman–Crippen MR) is 57.0 cm³/mol. The van der Waals surface area contributed by atoms with Gasteiger partial charge in [-0.1, -0.05) is 24.3 Å².